The van der Waals surface area contributed by atoms with E-state index in [2.05, 4.69) is 15.1 Å². The van der Waals surface area contributed by atoms with E-state index in [1.54, 1.807) is 17.4 Å². The number of pyridine rings is 1. The summed E-state index contributed by atoms with van der Waals surface area (Å²) >= 11 is 1.59. The summed E-state index contributed by atoms with van der Waals surface area (Å²) in [6.07, 6.45) is 4.09. The van der Waals surface area contributed by atoms with Crippen molar-refractivity contribution in [1.29, 1.82) is 0 Å². The molecule has 1 atom stereocenters. The van der Waals surface area contributed by atoms with Crippen LogP contribution in [0, 0.1) is 5.92 Å². The number of nitrogens with one attached hydrogen (secondary N) is 1. The van der Waals surface area contributed by atoms with Crippen molar-refractivity contribution in [3.05, 3.63) is 57.0 Å². The molecule has 0 saturated carbocycles. The lowest BCUT2D eigenvalue weighted by atomic mass is 9.94. The lowest BCUT2D eigenvalue weighted by molar-refractivity contribution is 0.0667. The highest BCUT2D eigenvalue weighted by Crippen LogP contribution is 2.24. The monoisotopic (exact) mass is 370 g/mol. The highest BCUT2D eigenvalue weighted by atomic mass is 32.1. The zero-order chi connectivity index (χ0) is 17.9. The number of aromatic amines is 1. The molecule has 1 aliphatic rings. The number of piperidine rings is 1. The van der Waals surface area contributed by atoms with Gasteiger partial charge in [-0.2, -0.15) is 16.3 Å². The van der Waals surface area contributed by atoms with Crippen LogP contribution < -0.4 is 5.56 Å². The summed E-state index contributed by atoms with van der Waals surface area (Å²) in [5.41, 5.74) is 1.25. The van der Waals surface area contributed by atoms with Gasteiger partial charge < -0.3 is 14.4 Å². The van der Waals surface area contributed by atoms with E-state index >= 15 is 0 Å². The average Bonchev–Trinajstić information content (AvgIpc) is 3.34. The van der Waals surface area contributed by atoms with E-state index in [9.17, 15) is 9.59 Å². The molecule has 0 radical (unpaired) electrons. The number of aromatic nitrogens is 3. The normalized spacial score (nSPS) is 17.4. The van der Waals surface area contributed by atoms with E-state index in [1.807, 2.05) is 21.7 Å². The van der Waals surface area contributed by atoms with Crippen molar-refractivity contribution in [2.45, 2.75) is 19.3 Å². The van der Waals surface area contributed by atoms with Gasteiger partial charge in [0.05, 0.1) is 5.56 Å². The topological polar surface area (TPSA) is 92.1 Å². The minimum Gasteiger partial charge on any atom is -0.339 e. The van der Waals surface area contributed by atoms with Gasteiger partial charge in [-0.25, -0.2) is 0 Å². The lowest BCUT2D eigenvalue weighted by Crippen LogP contribution is -2.40. The van der Waals surface area contributed by atoms with E-state index in [0.717, 1.165) is 24.9 Å². The Morgan fingerprint density at radius 1 is 1.38 bits per heavy atom. The Morgan fingerprint density at radius 3 is 3.08 bits per heavy atom. The molecule has 0 bridgehead atoms. The largest absolute Gasteiger partial charge is 0.339 e. The summed E-state index contributed by atoms with van der Waals surface area (Å²) in [5, 5.41) is 8.01. The maximum atomic E-state index is 12.6. The fourth-order valence-corrected chi connectivity index (χ4v) is 3.87. The summed E-state index contributed by atoms with van der Waals surface area (Å²) in [6.45, 7) is 1.37. The summed E-state index contributed by atoms with van der Waals surface area (Å²) in [6, 6.07) is 4.90. The maximum Gasteiger partial charge on any atom is 0.255 e. The van der Waals surface area contributed by atoms with Crippen LogP contribution in [0.15, 0.2) is 44.5 Å². The third-order valence-electron chi connectivity index (χ3n) is 4.55. The number of amides is 1. The SMILES string of the molecule is O=C(c1ccc(=O)[nH]c1)N1CCCC(Cc2nc(-c3ccsc3)no2)C1. The molecule has 1 amide bonds. The van der Waals surface area contributed by atoms with Crippen molar-refractivity contribution in [3.63, 3.8) is 0 Å². The van der Waals surface area contributed by atoms with Gasteiger partial charge in [0.15, 0.2) is 0 Å². The van der Waals surface area contributed by atoms with E-state index < -0.39 is 0 Å². The first-order valence-corrected chi connectivity index (χ1v) is 9.46. The molecule has 0 spiro atoms. The standard InChI is InChI=1S/C18H18N4O3S/c23-15-4-3-13(9-19-15)18(24)22-6-1-2-12(10-22)8-16-20-17(21-25-16)14-5-7-26-11-14/h3-5,7,9,11-12H,1-2,6,8,10H2,(H,19,23). The lowest BCUT2D eigenvalue weighted by Gasteiger charge is -2.32. The van der Waals surface area contributed by atoms with Crippen LogP contribution in [-0.4, -0.2) is 39.0 Å². The van der Waals surface area contributed by atoms with E-state index in [1.165, 1.54) is 12.3 Å². The average molecular weight is 370 g/mol. The van der Waals surface area contributed by atoms with Crippen molar-refractivity contribution < 1.29 is 9.32 Å². The minimum atomic E-state index is -0.212. The number of likely N-dealkylation sites (tertiary alicyclic amines) is 1. The molecule has 26 heavy (non-hydrogen) atoms. The van der Waals surface area contributed by atoms with E-state index in [4.69, 9.17) is 4.52 Å². The van der Waals surface area contributed by atoms with Crippen molar-refractivity contribution in [1.82, 2.24) is 20.0 Å². The number of nitrogens with zero attached hydrogens (tertiary/aromatic N) is 3. The van der Waals surface area contributed by atoms with Gasteiger partial charge in [0, 0.05) is 42.7 Å². The van der Waals surface area contributed by atoms with Gasteiger partial charge in [-0.15, -0.1) is 0 Å². The van der Waals surface area contributed by atoms with Crippen molar-refractivity contribution in [2.24, 2.45) is 5.92 Å². The van der Waals surface area contributed by atoms with Crippen LogP contribution in [0.5, 0.6) is 0 Å². The minimum absolute atomic E-state index is 0.0598. The maximum absolute atomic E-state index is 12.6. The van der Waals surface area contributed by atoms with Crippen molar-refractivity contribution in [2.75, 3.05) is 13.1 Å². The second kappa shape index (κ2) is 7.25. The van der Waals surface area contributed by atoms with Gasteiger partial charge in [-0.05, 0) is 36.3 Å². The molecule has 0 aromatic carbocycles. The molecule has 134 valence electrons. The number of hydrogen-bond acceptors (Lipinski definition) is 6. The second-order valence-electron chi connectivity index (χ2n) is 6.43. The van der Waals surface area contributed by atoms with Crippen LogP contribution in [0.2, 0.25) is 0 Å². The molecule has 3 aromatic rings. The van der Waals surface area contributed by atoms with Crippen LogP contribution in [0.4, 0.5) is 0 Å². The Kier molecular flexibility index (Phi) is 4.66. The molecule has 4 heterocycles. The van der Waals surface area contributed by atoms with Gasteiger partial charge in [0.1, 0.15) is 0 Å². The predicted octanol–water partition coefficient (Wildman–Crippen LogP) is 2.58. The second-order valence-corrected chi connectivity index (χ2v) is 7.21. The Hall–Kier alpha value is -2.74. The van der Waals surface area contributed by atoms with Crippen molar-refractivity contribution in [3.8, 4) is 11.4 Å². The Labute approximate surface area is 153 Å². The van der Waals surface area contributed by atoms with Crippen molar-refractivity contribution >= 4 is 17.2 Å². The van der Waals surface area contributed by atoms with Crippen LogP contribution in [0.25, 0.3) is 11.4 Å². The number of H-pyrrole nitrogens is 1. The van der Waals surface area contributed by atoms with Gasteiger partial charge >= 0.3 is 0 Å². The van der Waals surface area contributed by atoms with E-state index in [-0.39, 0.29) is 17.4 Å². The smallest absolute Gasteiger partial charge is 0.255 e. The fraction of sp³-hybridized carbons (Fsp3) is 0.333. The van der Waals surface area contributed by atoms with Crippen LogP contribution >= 0.6 is 11.3 Å². The number of hydrogen-bond donors (Lipinski definition) is 1. The predicted molar refractivity (Wildman–Crippen MR) is 97.0 cm³/mol. The molecule has 4 rings (SSSR count). The first-order valence-electron chi connectivity index (χ1n) is 8.52. The molecule has 0 aliphatic carbocycles. The number of thiophene rings is 1. The number of carbonyl (C=O) groups excluding carboxylic acids is 1. The third kappa shape index (κ3) is 3.60. The molecule has 1 aliphatic heterocycles. The number of rotatable bonds is 4. The van der Waals surface area contributed by atoms with Gasteiger partial charge in [0.2, 0.25) is 17.3 Å². The number of carbonyl (C=O) groups is 1. The van der Waals surface area contributed by atoms with Crippen LogP contribution in [-0.2, 0) is 6.42 Å². The molecular formula is C18H18N4O3S. The molecular weight excluding hydrogens is 352 g/mol. The van der Waals surface area contributed by atoms with Gasteiger partial charge in [-0.3, -0.25) is 9.59 Å². The molecule has 8 heteroatoms. The molecule has 3 aromatic heterocycles. The first-order chi connectivity index (χ1) is 12.7. The summed E-state index contributed by atoms with van der Waals surface area (Å²) < 4.78 is 5.39. The fourth-order valence-electron chi connectivity index (χ4n) is 3.24. The van der Waals surface area contributed by atoms with Gasteiger partial charge in [0.25, 0.3) is 5.91 Å². The van der Waals surface area contributed by atoms with Gasteiger partial charge in [-0.1, -0.05) is 5.16 Å². The third-order valence-corrected chi connectivity index (χ3v) is 5.23. The van der Waals surface area contributed by atoms with Crippen LogP contribution in [0.1, 0.15) is 29.1 Å². The molecule has 7 nitrogen and oxygen atoms in total. The molecule has 1 unspecified atom stereocenters. The first kappa shape index (κ1) is 16.7. The van der Waals surface area contributed by atoms with Crippen LogP contribution in [0.3, 0.4) is 0 Å². The Morgan fingerprint density at radius 2 is 2.31 bits per heavy atom. The quantitative estimate of drug-likeness (QED) is 0.762. The zero-order valence-electron chi connectivity index (χ0n) is 14.1. The summed E-state index contributed by atoms with van der Waals surface area (Å²) in [5.74, 6) is 1.44. The highest BCUT2D eigenvalue weighted by molar-refractivity contribution is 7.08. The summed E-state index contributed by atoms with van der Waals surface area (Å²) in [4.78, 5) is 32.6. The Balaban J connectivity index is 1.41. The molecule has 1 fully saturated rings. The molecule has 1 saturated heterocycles. The van der Waals surface area contributed by atoms with E-state index in [0.29, 0.717) is 30.2 Å². The molecule has 1 N–H and O–H groups in total. The highest BCUT2D eigenvalue weighted by Gasteiger charge is 2.26. The Bertz CT molecular complexity index is 927. The summed E-state index contributed by atoms with van der Waals surface area (Å²) in [7, 11) is 0. The zero-order valence-corrected chi connectivity index (χ0v) is 14.9.